The molecule has 0 spiro atoms. The number of fused-ring (bicyclic) bond motifs is 1. The highest BCUT2D eigenvalue weighted by molar-refractivity contribution is 6.07. The summed E-state index contributed by atoms with van der Waals surface area (Å²) < 4.78 is 0. The fraction of sp³-hybridized carbons (Fsp3) is 0.231. The van der Waals surface area contributed by atoms with Crippen molar-refractivity contribution in [1.82, 2.24) is 4.90 Å². The molecule has 1 aliphatic heterocycles. The van der Waals surface area contributed by atoms with E-state index in [1.807, 2.05) is 94.7 Å². The maximum absolute atomic E-state index is 13.3. The lowest BCUT2D eigenvalue weighted by Gasteiger charge is -2.43. The summed E-state index contributed by atoms with van der Waals surface area (Å²) in [7, 11) is 0. The average molecular weight is 399 g/mol. The van der Waals surface area contributed by atoms with Gasteiger partial charge < -0.3 is 9.80 Å². The Bertz CT molecular complexity index is 1030. The predicted molar refractivity (Wildman–Crippen MR) is 119 cm³/mol. The van der Waals surface area contributed by atoms with Gasteiger partial charge in [0.25, 0.3) is 5.91 Å². The number of hydrogen-bond acceptors (Lipinski definition) is 2. The van der Waals surface area contributed by atoms with Crippen LogP contribution >= 0.6 is 0 Å². The van der Waals surface area contributed by atoms with Gasteiger partial charge in [-0.15, -0.1) is 0 Å². The highest BCUT2D eigenvalue weighted by Crippen LogP contribution is 2.41. The summed E-state index contributed by atoms with van der Waals surface area (Å²) in [4.78, 5) is 29.8. The third kappa shape index (κ3) is 3.86. The Labute approximate surface area is 177 Å². The van der Waals surface area contributed by atoms with E-state index < -0.39 is 0 Å². The second-order valence-electron chi connectivity index (χ2n) is 7.83. The van der Waals surface area contributed by atoms with Crippen LogP contribution in [0.3, 0.4) is 0 Å². The number of benzene rings is 3. The minimum atomic E-state index is -0.0753. The Hall–Kier alpha value is -3.40. The van der Waals surface area contributed by atoms with Crippen LogP contribution in [0.2, 0.25) is 0 Å². The quantitative estimate of drug-likeness (QED) is 0.605. The van der Waals surface area contributed by atoms with Crippen molar-refractivity contribution in [3.8, 4) is 0 Å². The van der Waals surface area contributed by atoms with E-state index in [2.05, 4.69) is 6.92 Å². The molecule has 2 atom stereocenters. The van der Waals surface area contributed by atoms with Crippen molar-refractivity contribution in [2.75, 3.05) is 4.90 Å². The summed E-state index contributed by atoms with van der Waals surface area (Å²) in [5.41, 5.74) is 3.67. The van der Waals surface area contributed by atoms with Gasteiger partial charge in [0.2, 0.25) is 5.91 Å². The van der Waals surface area contributed by atoms with Crippen molar-refractivity contribution in [2.45, 2.75) is 38.9 Å². The normalized spacial score (nSPS) is 17.9. The van der Waals surface area contributed by atoms with E-state index in [0.717, 1.165) is 16.8 Å². The Morgan fingerprint density at radius 1 is 0.900 bits per heavy atom. The number of hydrogen-bond donors (Lipinski definition) is 0. The Morgan fingerprint density at radius 3 is 2.17 bits per heavy atom. The third-order valence-corrected chi connectivity index (χ3v) is 5.78. The van der Waals surface area contributed by atoms with E-state index >= 15 is 0 Å². The number of amides is 2. The van der Waals surface area contributed by atoms with E-state index in [0.29, 0.717) is 18.5 Å². The Balaban J connectivity index is 1.72. The van der Waals surface area contributed by atoms with Crippen LogP contribution in [0.1, 0.15) is 47.8 Å². The first-order chi connectivity index (χ1) is 14.6. The van der Waals surface area contributed by atoms with Crippen molar-refractivity contribution in [1.29, 1.82) is 0 Å². The molecule has 3 aromatic rings. The van der Waals surface area contributed by atoms with Crippen LogP contribution in [0, 0.1) is 0 Å². The fourth-order valence-corrected chi connectivity index (χ4v) is 4.33. The molecule has 0 fully saturated rings. The van der Waals surface area contributed by atoms with Crippen LogP contribution < -0.4 is 4.90 Å². The number of carbonyl (C=O) groups is 2. The highest BCUT2D eigenvalue weighted by atomic mass is 16.2. The minimum absolute atomic E-state index is 0.00793. The van der Waals surface area contributed by atoms with Crippen molar-refractivity contribution >= 4 is 17.5 Å². The lowest BCUT2D eigenvalue weighted by molar-refractivity contribution is -0.132. The number of nitrogens with zero attached hydrogens (tertiary/aromatic N) is 2. The van der Waals surface area contributed by atoms with Crippen LogP contribution in [0.4, 0.5) is 5.69 Å². The molecule has 0 N–H and O–H groups in total. The first kappa shape index (κ1) is 19.9. The van der Waals surface area contributed by atoms with Gasteiger partial charge in [-0.1, -0.05) is 66.7 Å². The fourth-order valence-electron chi connectivity index (χ4n) is 4.33. The molecule has 4 nitrogen and oxygen atoms in total. The van der Waals surface area contributed by atoms with E-state index in [9.17, 15) is 9.59 Å². The van der Waals surface area contributed by atoms with Gasteiger partial charge in [0.15, 0.2) is 0 Å². The molecular weight excluding hydrogens is 372 g/mol. The molecule has 3 aromatic carbocycles. The molecule has 0 saturated heterocycles. The maximum Gasteiger partial charge on any atom is 0.258 e. The zero-order valence-electron chi connectivity index (χ0n) is 17.4. The Kier molecular flexibility index (Phi) is 5.66. The molecule has 0 saturated carbocycles. The first-order valence-corrected chi connectivity index (χ1v) is 10.3. The summed E-state index contributed by atoms with van der Waals surface area (Å²) in [6, 6.07) is 27.3. The van der Waals surface area contributed by atoms with Gasteiger partial charge >= 0.3 is 0 Å². The summed E-state index contributed by atoms with van der Waals surface area (Å²) in [6.45, 7) is 4.23. The van der Waals surface area contributed by atoms with E-state index in [1.54, 1.807) is 6.92 Å². The maximum atomic E-state index is 13.3. The molecule has 0 unspecified atom stereocenters. The lowest BCUT2D eigenvalue weighted by Crippen LogP contribution is -2.47. The second kappa shape index (κ2) is 8.54. The summed E-state index contributed by atoms with van der Waals surface area (Å²) in [6.07, 6.45) is 0.696. The largest absolute Gasteiger partial charge is 0.331 e. The Morgan fingerprint density at radius 2 is 1.50 bits per heavy atom. The molecular formula is C26H26N2O2. The topological polar surface area (TPSA) is 40.6 Å². The van der Waals surface area contributed by atoms with Crippen molar-refractivity contribution in [2.24, 2.45) is 0 Å². The van der Waals surface area contributed by atoms with Crippen LogP contribution in [0.15, 0.2) is 84.9 Å². The molecule has 152 valence electrons. The van der Waals surface area contributed by atoms with Gasteiger partial charge in [-0.05, 0) is 42.7 Å². The number of anilines is 1. The van der Waals surface area contributed by atoms with Gasteiger partial charge in [-0.3, -0.25) is 9.59 Å². The molecule has 4 heteroatoms. The van der Waals surface area contributed by atoms with E-state index in [4.69, 9.17) is 0 Å². The number of carbonyl (C=O) groups excluding carboxylic acids is 2. The lowest BCUT2D eigenvalue weighted by atomic mass is 9.89. The smallest absolute Gasteiger partial charge is 0.258 e. The monoisotopic (exact) mass is 398 g/mol. The van der Waals surface area contributed by atoms with Crippen molar-refractivity contribution < 1.29 is 9.59 Å². The standard InChI is InChI=1S/C26H26N2O2/c1-19-17-25(27(20(2)29)18-21-11-5-3-6-12-21)23-15-9-10-16-24(23)28(19)26(30)22-13-7-4-8-14-22/h3-16,19,25H,17-18H2,1-2H3/t19-,25+/m0/s1. The molecule has 1 aliphatic rings. The number of para-hydroxylation sites is 1. The van der Waals surface area contributed by atoms with Gasteiger partial charge in [-0.2, -0.15) is 0 Å². The molecule has 1 heterocycles. The van der Waals surface area contributed by atoms with Gasteiger partial charge in [0, 0.05) is 30.8 Å². The minimum Gasteiger partial charge on any atom is -0.331 e. The second-order valence-corrected chi connectivity index (χ2v) is 7.83. The number of rotatable bonds is 4. The van der Waals surface area contributed by atoms with Crippen molar-refractivity contribution in [3.63, 3.8) is 0 Å². The third-order valence-electron chi connectivity index (χ3n) is 5.78. The van der Waals surface area contributed by atoms with Gasteiger partial charge in [-0.25, -0.2) is 0 Å². The molecule has 0 aromatic heterocycles. The van der Waals surface area contributed by atoms with Gasteiger partial charge in [0.05, 0.1) is 6.04 Å². The van der Waals surface area contributed by atoms with Crippen LogP contribution in [0.25, 0.3) is 0 Å². The highest BCUT2D eigenvalue weighted by Gasteiger charge is 2.37. The van der Waals surface area contributed by atoms with Crippen LogP contribution in [-0.2, 0) is 11.3 Å². The molecule has 2 amide bonds. The van der Waals surface area contributed by atoms with Crippen LogP contribution in [0.5, 0.6) is 0 Å². The van der Waals surface area contributed by atoms with Gasteiger partial charge in [0.1, 0.15) is 0 Å². The molecule has 4 rings (SSSR count). The zero-order valence-corrected chi connectivity index (χ0v) is 17.4. The van der Waals surface area contributed by atoms with Crippen molar-refractivity contribution in [3.05, 3.63) is 102 Å². The molecule has 0 aliphatic carbocycles. The zero-order chi connectivity index (χ0) is 21.1. The van der Waals surface area contributed by atoms with Crippen LogP contribution in [-0.4, -0.2) is 22.8 Å². The summed E-state index contributed by atoms with van der Waals surface area (Å²) in [5, 5.41) is 0. The predicted octanol–water partition coefficient (Wildman–Crippen LogP) is 5.22. The SMILES string of the molecule is CC(=O)N(Cc1ccccc1)[C@@H]1C[C@H](C)N(C(=O)c2ccccc2)c2ccccc21. The summed E-state index contributed by atoms with van der Waals surface area (Å²) in [5.74, 6) is 0.0279. The van der Waals surface area contributed by atoms with E-state index in [-0.39, 0.29) is 23.9 Å². The molecule has 0 radical (unpaired) electrons. The molecule has 30 heavy (non-hydrogen) atoms. The van der Waals surface area contributed by atoms with E-state index in [1.165, 1.54) is 0 Å². The average Bonchev–Trinajstić information content (AvgIpc) is 2.78. The molecule has 0 bridgehead atoms. The summed E-state index contributed by atoms with van der Waals surface area (Å²) >= 11 is 0. The first-order valence-electron chi connectivity index (χ1n) is 10.3.